The lowest BCUT2D eigenvalue weighted by Crippen LogP contribution is -2.21. The SMILES string of the molecule is CCc1ccc(NC(=O)CSc2nc3sc4c(c3c(=O)n2C)CCC4)cc1. The van der Waals surface area contributed by atoms with E-state index in [1.54, 1.807) is 23.0 Å². The number of thioether (sulfide) groups is 1. The summed E-state index contributed by atoms with van der Waals surface area (Å²) in [4.78, 5) is 31.8. The third kappa shape index (κ3) is 3.53. The predicted octanol–water partition coefficient (Wildman–Crippen LogP) is 3.78. The summed E-state index contributed by atoms with van der Waals surface area (Å²) in [5.74, 6) is 0.110. The van der Waals surface area contributed by atoms with Gasteiger partial charge in [0, 0.05) is 17.6 Å². The maximum atomic E-state index is 12.8. The lowest BCUT2D eigenvalue weighted by atomic mass is 10.1. The molecule has 1 N–H and O–H groups in total. The number of carbonyl (C=O) groups excluding carboxylic acids is 1. The molecule has 140 valence electrons. The molecule has 0 bridgehead atoms. The van der Waals surface area contributed by atoms with Gasteiger partial charge in [0.25, 0.3) is 5.56 Å². The largest absolute Gasteiger partial charge is 0.325 e. The predicted molar refractivity (Wildman–Crippen MR) is 112 cm³/mol. The van der Waals surface area contributed by atoms with E-state index in [4.69, 9.17) is 0 Å². The van der Waals surface area contributed by atoms with E-state index >= 15 is 0 Å². The van der Waals surface area contributed by atoms with Gasteiger partial charge in [-0.3, -0.25) is 14.2 Å². The topological polar surface area (TPSA) is 64.0 Å². The molecule has 0 saturated carbocycles. The molecule has 4 rings (SSSR count). The monoisotopic (exact) mass is 399 g/mol. The zero-order valence-electron chi connectivity index (χ0n) is 15.4. The summed E-state index contributed by atoms with van der Waals surface area (Å²) in [5.41, 5.74) is 3.20. The molecule has 0 radical (unpaired) electrons. The Labute approximate surface area is 165 Å². The highest BCUT2D eigenvalue weighted by Gasteiger charge is 2.22. The van der Waals surface area contributed by atoms with Crippen LogP contribution in [0.4, 0.5) is 5.69 Å². The van der Waals surface area contributed by atoms with Gasteiger partial charge >= 0.3 is 0 Å². The minimum Gasteiger partial charge on any atom is -0.325 e. The summed E-state index contributed by atoms with van der Waals surface area (Å²) in [7, 11) is 1.73. The molecule has 1 aliphatic rings. The number of nitrogens with one attached hydrogen (secondary N) is 1. The first-order chi connectivity index (χ1) is 13.1. The number of hydrogen-bond acceptors (Lipinski definition) is 5. The van der Waals surface area contributed by atoms with Crippen molar-refractivity contribution in [2.24, 2.45) is 7.05 Å². The maximum Gasteiger partial charge on any atom is 0.262 e. The number of aryl methyl sites for hydroxylation is 3. The third-order valence-electron chi connectivity index (χ3n) is 4.88. The zero-order valence-corrected chi connectivity index (χ0v) is 17.0. The van der Waals surface area contributed by atoms with E-state index in [1.165, 1.54) is 27.8 Å². The Morgan fingerprint density at radius 1 is 1.30 bits per heavy atom. The molecule has 1 aliphatic carbocycles. The molecule has 0 unspecified atom stereocenters. The first-order valence-corrected chi connectivity index (χ1v) is 10.9. The first kappa shape index (κ1) is 18.3. The van der Waals surface area contributed by atoms with Gasteiger partial charge in [-0.05, 0) is 48.9 Å². The summed E-state index contributed by atoms with van der Waals surface area (Å²) in [6.07, 6.45) is 4.10. The summed E-state index contributed by atoms with van der Waals surface area (Å²) < 4.78 is 1.57. The summed E-state index contributed by atoms with van der Waals surface area (Å²) in [5, 5.41) is 4.26. The minimum absolute atomic E-state index is 0.00235. The number of fused-ring (bicyclic) bond motifs is 3. The number of thiophene rings is 1. The normalized spacial score (nSPS) is 13.1. The van der Waals surface area contributed by atoms with Gasteiger partial charge in [0.05, 0.1) is 11.1 Å². The molecule has 2 aromatic heterocycles. The van der Waals surface area contributed by atoms with Gasteiger partial charge in [0.2, 0.25) is 5.91 Å². The van der Waals surface area contributed by atoms with E-state index in [0.717, 1.165) is 41.6 Å². The molecular formula is C20H21N3O2S2. The molecule has 0 atom stereocenters. The standard InChI is InChI=1S/C20H21N3O2S2/c1-3-12-7-9-13(10-8-12)21-16(24)11-26-20-22-18-17(19(25)23(20)2)14-5-4-6-15(14)27-18/h7-10H,3-6,11H2,1-2H3,(H,21,24). The first-order valence-electron chi connectivity index (χ1n) is 9.09. The molecule has 7 heteroatoms. The van der Waals surface area contributed by atoms with E-state index in [-0.39, 0.29) is 17.2 Å². The summed E-state index contributed by atoms with van der Waals surface area (Å²) in [6.45, 7) is 2.10. The highest BCUT2D eigenvalue weighted by molar-refractivity contribution is 7.99. The van der Waals surface area contributed by atoms with Crippen molar-refractivity contribution in [3.05, 3.63) is 50.6 Å². The second kappa shape index (κ2) is 7.48. The Bertz CT molecular complexity index is 1070. The highest BCUT2D eigenvalue weighted by Crippen LogP contribution is 2.35. The average Bonchev–Trinajstić information content (AvgIpc) is 3.25. The summed E-state index contributed by atoms with van der Waals surface area (Å²) >= 11 is 2.92. The van der Waals surface area contributed by atoms with E-state index in [1.807, 2.05) is 24.3 Å². The zero-order chi connectivity index (χ0) is 19.0. The van der Waals surface area contributed by atoms with Gasteiger partial charge in [-0.25, -0.2) is 4.98 Å². The van der Waals surface area contributed by atoms with Crippen LogP contribution >= 0.6 is 23.1 Å². The lowest BCUT2D eigenvalue weighted by Gasteiger charge is -2.08. The Kier molecular flexibility index (Phi) is 5.06. The van der Waals surface area contributed by atoms with Crippen LogP contribution in [0.1, 0.15) is 29.3 Å². The van der Waals surface area contributed by atoms with Crippen molar-refractivity contribution < 1.29 is 4.79 Å². The van der Waals surface area contributed by atoms with Crippen molar-refractivity contribution in [2.45, 2.75) is 37.8 Å². The van der Waals surface area contributed by atoms with E-state index < -0.39 is 0 Å². The Hall–Kier alpha value is -2.12. The van der Waals surface area contributed by atoms with Gasteiger partial charge in [-0.2, -0.15) is 0 Å². The number of rotatable bonds is 5. The van der Waals surface area contributed by atoms with Gasteiger partial charge in [-0.15, -0.1) is 11.3 Å². The van der Waals surface area contributed by atoms with Crippen molar-refractivity contribution >= 4 is 44.9 Å². The van der Waals surface area contributed by atoms with E-state index in [9.17, 15) is 9.59 Å². The van der Waals surface area contributed by atoms with Gasteiger partial charge in [-0.1, -0.05) is 30.8 Å². The number of anilines is 1. The van der Waals surface area contributed by atoms with Crippen molar-refractivity contribution in [3.8, 4) is 0 Å². The molecule has 1 aromatic carbocycles. The van der Waals surface area contributed by atoms with E-state index in [2.05, 4.69) is 17.2 Å². The molecule has 27 heavy (non-hydrogen) atoms. The third-order valence-corrected chi connectivity index (χ3v) is 7.10. The molecule has 0 aliphatic heterocycles. The van der Waals surface area contributed by atoms with Crippen molar-refractivity contribution in [1.82, 2.24) is 9.55 Å². The van der Waals surface area contributed by atoms with Crippen molar-refractivity contribution in [3.63, 3.8) is 0 Å². The lowest BCUT2D eigenvalue weighted by molar-refractivity contribution is -0.113. The molecule has 2 heterocycles. The number of amides is 1. The molecule has 0 spiro atoms. The van der Waals surface area contributed by atoms with Crippen molar-refractivity contribution in [1.29, 1.82) is 0 Å². The van der Waals surface area contributed by atoms with Gasteiger partial charge in [0.15, 0.2) is 5.16 Å². The fourth-order valence-electron chi connectivity index (χ4n) is 3.39. The van der Waals surface area contributed by atoms with Crippen LogP contribution in [0.3, 0.4) is 0 Å². The molecule has 0 saturated heterocycles. The number of aromatic nitrogens is 2. The van der Waals surface area contributed by atoms with Crippen molar-refractivity contribution in [2.75, 3.05) is 11.1 Å². The fourth-order valence-corrected chi connectivity index (χ4v) is 5.46. The molecule has 3 aromatic rings. The molecule has 5 nitrogen and oxygen atoms in total. The minimum atomic E-state index is -0.104. The van der Waals surface area contributed by atoms with Crippen LogP contribution in [-0.4, -0.2) is 21.2 Å². The molecular weight excluding hydrogens is 378 g/mol. The summed E-state index contributed by atoms with van der Waals surface area (Å²) in [6, 6.07) is 7.85. The van der Waals surface area contributed by atoms with Crippen LogP contribution in [0.5, 0.6) is 0 Å². The maximum absolute atomic E-state index is 12.8. The Morgan fingerprint density at radius 2 is 2.07 bits per heavy atom. The highest BCUT2D eigenvalue weighted by atomic mass is 32.2. The number of carbonyl (C=O) groups is 1. The fraction of sp³-hybridized carbons (Fsp3) is 0.350. The van der Waals surface area contributed by atoms with Crippen LogP contribution in [0.15, 0.2) is 34.2 Å². The van der Waals surface area contributed by atoms with Gasteiger partial charge in [0.1, 0.15) is 4.83 Å². The molecule has 1 amide bonds. The second-order valence-electron chi connectivity index (χ2n) is 6.68. The number of hydrogen-bond donors (Lipinski definition) is 1. The average molecular weight is 400 g/mol. The second-order valence-corrected chi connectivity index (χ2v) is 8.71. The van der Waals surface area contributed by atoms with Crippen LogP contribution in [0.25, 0.3) is 10.2 Å². The number of nitrogens with zero attached hydrogens (tertiary/aromatic N) is 2. The van der Waals surface area contributed by atoms with E-state index in [0.29, 0.717) is 5.16 Å². The quantitative estimate of drug-likeness (QED) is 0.524. The molecule has 0 fully saturated rings. The van der Waals surface area contributed by atoms with Crippen LogP contribution in [-0.2, 0) is 31.1 Å². The van der Waals surface area contributed by atoms with Crippen LogP contribution < -0.4 is 10.9 Å². The Morgan fingerprint density at radius 3 is 2.81 bits per heavy atom. The Balaban J connectivity index is 1.49. The van der Waals surface area contributed by atoms with Gasteiger partial charge < -0.3 is 5.32 Å². The van der Waals surface area contributed by atoms with Crippen LogP contribution in [0.2, 0.25) is 0 Å². The van der Waals surface area contributed by atoms with Crippen LogP contribution in [0, 0.1) is 0 Å². The number of benzene rings is 1. The smallest absolute Gasteiger partial charge is 0.262 e.